The van der Waals surface area contributed by atoms with Crippen LogP contribution in [0.2, 0.25) is 0 Å². The summed E-state index contributed by atoms with van der Waals surface area (Å²) >= 11 is 0. The molecule has 0 fully saturated rings. The Morgan fingerprint density at radius 3 is 2.64 bits per heavy atom. The van der Waals surface area contributed by atoms with Crippen LogP contribution >= 0.6 is 0 Å². The van der Waals surface area contributed by atoms with Gasteiger partial charge in [0.05, 0.1) is 5.69 Å². The fourth-order valence-electron chi connectivity index (χ4n) is 2.46. The lowest BCUT2D eigenvalue weighted by molar-refractivity contribution is -0.118. The summed E-state index contributed by atoms with van der Waals surface area (Å²) in [5.41, 5.74) is 1.79. The summed E-state index contributed by atoms with van der Waals surface area (Å²) in [6, 6.07) is 10.3. The van der Waals surface area contributed by atoms with Crippen molar-refractivity contribution in [2.24, 2.45) is 5.10 Å². The molecule has 0 spiro atoms. The third-order valence-corrected chi connectivity index (χ3v) is 3.72. The van der Waals surface area contributed by atoms with E-state index < -0.39 is 17.5 Å². The SMILES string of the molecule is Cc1cccc(N2N=C(C(=O)Nc3ccc(F)c(F)c3)CCC2=O)c1. The summed E-state index contributed by atoms with van der Waals surface area (Å²) in [5.74, 6) is -2.82. The molecule has 0 atom stereocenters. The molecule has 0 saturated carbocycles. The van der Waals surface area contributed by atoms with Crippen LogP contribution < -0.4 is 10.3 Å². The molecule has 25 heavy (non-hydrogen) atoms. The van der Waals surface area contributed by atoms with Crippen LogP contribution in [-0.4, -0.2) is 17.5 Å². The first-order chi connectivity index (χ1) is 11.9. The largest absolute Gasteiger partial charge is 0.321 e. The predicted molar refractivity (Wildman–Crippen MR) is 90.3 cm³/mol. The topological polar surface area (TPSA) is 61.8 Å². The van der Waals surface area contributed by atoms with Gasteiger partial charge in [-0.1, -0.05) is 12.1 Å². The van der Waals surface area contributed by atoms with Crippen molar-refractivity contribution in [2.75, 3.05) is 10.3 Å². The van der Waals surface area contributed by atoms with E-state index in [0.717, 1.165) is 17.7 Å². The Kier molecular flexibility index (Phi) is 4.56. The van der Waals surface area contributed by atoms with Gasteiger partial charge >= 0.3 is 0 Å². The highest BCUT2D eigenvalue weighted by Gasteiger charge is 2.25. The van der Waals surface area contributed by atoms with Gasteiger partial charge in [-0.15, -0.1) is 0 Å². The molecule has 7 heteroatoms. The maximum Gasteiger partial charge on any atom is 0.271 e. The molecule has 1 N–H and O–H groups in total. The van der Waals surface area contributed by atoms with Crippen LogP contribution in [0.1, 0.15) is 18.4 Å². The molecule has 2 aromatic carbocycles. The number of hydrazone groups is 1. The first kappa shape index (κ1) is 16.8. The van der Waals surface area contributed by atoms with Crippen LogP contribution in [0.3, 0.4) is 0 Å². The number of benzene rings is 2. The van der Waals surface area contributed by atoms with Crippen molar-refractivity contribution in [1.29, 1.82) is 0 Å². The van der Waals surface area contributed by atoms with Gasteiger partial charge in [-0.3, -0.25) is 9.59 Å². The number of halogens is 2. The molecule has 0 bridgehead atoms. The maximum atomic E-state index is 13.2. The first-order valence-electron chi connectivity index (χ1n) is 7.67. The number of carbonyl (C=O) groups is 2. The minimum atomic E-state index is -1.06. The number of hydrogen-bond donors (Lipinski definition) is 1. The standard InChI is InChI=1S/C18H15F2N3O2/c1-11-3-2-4-13(9-11)23-17(24)8-7-16(22-23)18(25)21-12-5-6-14(19)15(20)10-12/h2-6,9-10H,7-8H2,1H3,(H,21,25). The molecule has 0 unspecified atom stereocenters. The lowest BCUT2D eigenvalue weighted by atomic mass is 10.1. The molecule has 2 aromatic rings. The average Bonchev–Trinajstić information content (AvgIpc) is 2.58. The van der Waals surface area contributed by atoms with Crippen molar-refractivity contribution in [1.82, 2.24) is 0 Å². The van der Waals surface area contributed by atoms with Gasteiger partial charge in [-0.05, 0) is 36.8 Å². The van der Waals surface area contributed by atoms with Crippen LogP contribution in [0.15, 0.2) is 47.6 Å². The molecule has 1 aliphatic rings. The zero-order valence-corrected chi connectivity index (χ0v) is 13.4. The van der Waals surface area contributed by atoms with Crippen molar-refractivity contribution in [2.45, 2.75) is 19.8 Å². The molecule has 1 aliphatic heterocycles. The average molecular weight is 343 g/mol. The molecule has 5 nitrogen and oxygen atoms in total. The minimum absolute atomic E-state index is 0.116. The summed E-state index contributed by atoms with van der Waals surface area (Å²) < 4.78 is 26.2. The zero-order chi connectivity index (χ0) is 18.0. The van der Waals surface area contributed by atoms with Gasteiger partial charge in [0.15, 0.2) is 11.6 Å². The van der Waals surface area contributed by atoms with E-state index in [-0.39, 0.29) is 30.1 Å². The van der Waals surface area contributed by atoms with Gasteiger partial charge in [-0.2, -0.15) is 5.10 Å². The van der Waals surface area contributed by atoms with E-state index in [1.165, 1.54) is 11.1 Å². The van der Waals surface area contributed by atoms with E-state index >= 15 is 0 Å². The number of anilines is 2. The molecule has 128 valence electrons. The monoisotopic (exact) mass is 343 g/mol. The molecule has 0 aromatic heterocycles. The quantitative estimate of drug-likeness (QED) is 0.928. The molecule has 3 rings (SSSR count). The second-order valence-electron chi connectivity index (χ2n) is 5.67. The van der Waals surface area contributed by atoms with E-state index in [1.807, 2.05) is 13.0 Å². The molecule has 0 saturated heterocycles. The normalized spacial score (nSPS) is 14.3. The van der Waals surface area contributed by atoms with Gasteiger partial charge in [-0.25, -0.2) is 13.8 Å². The Balaban J connectivity index is 1.83. The van der Waals surface area contributed by atoms with Crippen molar-refractivity contribution in [3.05, 3.63) is 59.7 Å². The van der Waals surface area contributed by atoms with E-state index in [0.29, 0.717) is 5.69 Å². The van der Waals surface area contributed by atoms with E-state index in [1.54, 1.807) is 18.2 Å². The summed E-state index contributed by atoms with van der Waals surface area (Å²) in [6.45, 7) is 1.89. The highest BCUT2D eigenvalue weighted by molar-refractivity contribution is 6.44. The van der Waals surface area contributed by atoms with Crippen molar-refractivity contribution in [3.8, 4) is 0 Å². The summed E-state index contributed by atoms with van der Waals surface area (Å²) in [7, 11) is 0. The van der Waals surface area contributed by atoms with Gasteiger partial charge in [0, 0.05) is 24.6 Å². The van der Waals surface area contributed by atoms with Crippen LogP contribution in [0.25, 0.3) is 0 Å². The third-order valence-electron chi connectivity index (χ3n) is 3.72. The molecule has 1 heterocycles. The lowest BCUT2D eigenvalue weighted by Crippen LogP contribution is -2.36. The second-order valence-corrected chi connectivity index (χ2v) is 5.67. The van der Waals surface area contributed by atoms with E-state index in [9.17, 15) is 18.4 Å². The van der Waals surface area contributed by atoms with Crippen molar-refractivity contribution in [3.63, 3.8) is 0 Å². The number of aryl methyl sites for hydroxylation is 1. The fourth-order valence-corrected chi connectivity index (χ4v) is 2.46. The highest BCUT2D eigenvalue weighted by Crippen LogP contribution is 2.22. The highest BCUT2D eigenvalue weighted by atomic mass is 19.2. The Morgan fingerprint density at radius 2 is 1.92 bits per heavy atom. The number of hydrogen-bond acceptors (Lipinski definition) is 3. The number of amides is 2. The molecule has 0 aliphatic carbocycles. The molecular formula is C18H15F2N3O2. The van der Waals surface area contributed by atoms with Gasteiger partial charge in [0.1, 0.15) is 5.71 Å². The van der Waals surface area contributed by atoms with Gasteiger partial charge in [0.2, 0.25) is 5.91 Å². The van der Waals surface area contributed by atoms with Crippen molar-refractivity contribution < 1.29 is 18.4 Å². The van der Waals surface area contributed by atoms with E-state index in [4.69, 9.17) is 0 Å². The number of carbonyl (C=O) groups excluding carboxylic acids is 2. The minimum Gasteiger partial charge on any atom is -0.321 e. The van der Waals surface area contributed by atoms with E-state index in [2.05, 4.69) is 10.4 Å². The predicted octanol–water partition coefficient (Wildman–Crippen LogP) is 3.39. The molecule has 2 amide bonds. The number of nitrogens with zero attached hydrogens (tertiary/aromatic N) is 2. The summed E-state index contributed by atoms with van der Waals surface area (Å²) in [5, 5.41) is 7.79. The van der Waals surface area contributed by atoms with Gasteiger partial charge < -0.3 is 5.32 Å². The van der Waals surface area contributed by atoms with Crippen LogP contribution in [0.5, 0.6) is 0 Å². The van der Waals surface area contributed by atoms with Crippen LogP contribution in [0, 0.1) is 18.6 Å². The summed E-state index contributed by atoms with van der Waals surface area (Å²) in [4.78, 5) is 24.4. The summed E-state index contributed by atoms with van der Waals surface area (Å²) in [6.07, 6.45) is 0.314. The Morgan fingerprint density at radius 1 is 1.12 bits per heavy atom. The van der Waals surface area contributed by atoms with Gasteiger partial charge in [0.25, 0.3) is 5.91 Å². The first-order valence-corrected chi connectivity index (χ1v) is 7.67. The number of rotatable bonds is 3. The Labute approximate surface area is 143 Å². The molecular weight excluding hydrogens is 328 g/mol. The van der Waals surface area contributed by atoms with Crippen LogP contribution in [0.4, 0.5) is 20.2 Å². The number of nitrogens with one attached hydrogen (secondary N) is 1. The lowest BCUT2D eigenvalue weighted by Gasteiger charge is -2.23. The Bertz CT molecular complexity index is 880. The zero-order valence-electron chi connectivity index (χ0n) is 13.4. The maximum absolute atomic E-state index is 13.2. The van der Waals surface area contributed by atoms with Crippen LogP contribution in [-0.2, 0) is 9.59 Å². The fraction of sp³-hybridized carbons (Fsp3) is 0.167. The third kappa shape index (κ3) is 3.71. The smallest absolute Gasteiger partial charge is 0.271 e. The second kappa shape index (κ2) is 6.80. The Hall–Kier alpha value is -3.09. The molecule has 0 radical (unpaired) electrons. The van der Waals surface area contributed by atoms with Crippen molar-refractivity contribution >= 4 is 28.9 Å².